The fourth-order valence-electron chi connectivity index (χ4n) is 4.74. The van der Waals surface area contributed by atoms with Crippen molar-refractivity contribution >= 4 is 37.3 Å². The van der Waals surface area contributed by atoms with Crippen LogP contribution in [0.5, 0.6) is 0 Å². The van der Waals surface area contributed by atoms with Crippen molar-refractivity contribution in [3.63, 3.8) is 0 Å². The van der Waals surface area contributed by atoms with Crippen LogP contribution >= 0.6 is 11.3 Å². The van der Waals surface area contributed by atoms with Gasteiger partial charge in [-0.2, -0.15) is 0 Å². The van der Waals surface area contributed by atoms with E-state index in [0.717, 1.165) is 54.3 Å². The Hall–Kier alpha value is -1.74. The van der Waals surface area contributed by atoms with Gasteiger partial charge in [0.15, 0.2) is 9.84 Å². The van der Waals surface area contributed by atoms with E-state index in [1.165, 1.54) is 4.88 Å². The predicted molar refractivity (Wildman–Crippen MR) is 112 cm³/mol. The molecular formula is C20H25N3O4S2. The van der Waals surface area contributed by atoms with Crippen LogP contribution in [0.25, 0.3) is 10.2 Å². The van der Waals surface area contributed by atoms with Crippen molar-refractivity contribution < 1.29 is 13.2 Å². The number of aryl methyl sites for hydroxylation is 3. The summed E-state index contributed by atoms with van der Waals surface area (Å²) in [6.45, 7) is 0.286. The first-order chi connectivity index (χ1) is 13.9. The van der Waals surface area contributed by atoms with Crippen LogP contribution in [0.1, 0.15) is 49.0 Å². The smallest absolute Gasteiger partial charge is 0.262 e. The summed E-state index contributed by atoms with van der Waals surface area (Å²) in [7, 11) is -3.04. The second kappa shape index (κ2) is 7.19. The first-order valence-corrected chi connectivity index (χ1v) is 13.1. The summed E-state index contributed by atoms with van der Waals surface area (Å²) in [4.78, 5) is 34.4. The van der Waals surface area contributed by atoms with Crippen LogP contribution in [-0.4, -0.2) is 52.4 Å². The Morgan fingerprint density at radius 1 is 1.21 bits per heavy atom. The number of hydrogen-bond donors (Lipinski definition) is 0. The number of nitrogens with zero attached hydrogens (tertiary/aromatic N) is 3. The molecule has 2 aromatic heterocycles. The number of carbonyl (C=O) groups is 1. The number of amides is 1. The topological polar surface area (TPSA) is 89.3 Å². The van der Waals surface area contributed by atoms with Crippen LogP contribution in [0.4, 0.5) is 0 Å². The fourth-order valence-corrected chi connectivity index (χ4v) is 7.67. The monoisotopic (exact) mass is 435 g/mol. The molecule has 29 heavy (non-hydrogen) atoms. The van der Waals surface area contributed by atoms with Crippen LogP contribution in [0.2, 0.25) is 0 Å². The lowest BCUT2D eigenvalue weighted by Crippen LogP contribution is -2.43. The zero-order valence-corrected chi connectivity index (χ0v) is 17.9. The average Bonchev–Trinajstić information content (AvgIpc) is 3.34. The van der Waals surface area contributed by atoms with Crippen molar-refractivity contribution in [2.45, 2.75) is 70.0 Å². The van der Waals surface area contributed by atoms with Gasteiger partial charge in [0.05, 0.1) is 23.2 Å². The molecule has 3 heterocycles. The molecule has 156 valence electrons. The largest absolute Gasteiger partial charge is 0.336 e. The normalized spacial score (nSPS) is 23.2. The Balaban J connectivity index is 1.35. The van der Waals surface area contributed by atoms with E-state index in [2.05, 4.69) is 4.98 Å². The first kappa shape index (κ1) is 19.2. The van der Waals surface area contributed by atoms with E-state index in [9.17, 15) is 18.0 Å². The highest BCUT2D eigenvalue weighted by molar-refractivity contribution is 7.91. The molecule has 1 saturated heterocycles. The van der Waals surface area contributed by atoms with E-state index in [4.69, 9.17) is 0 Å². The molecule has 3 aliphatic rings. The molecule has 0 bridgehead atoms. The lowest BCUT2D eigenvalue weighted by atomic mass is 9.97. The summed E-state index contributed by atoms with van der Waals surface area (Å²) >= 11 is 1.62. The van der Waals surface area contributed by atoms with Gasteiger partial charge in [-0.1, -0.05) is 0 Å². The highest BCUT2D eigenvalue weighted by Crippen LogP contribution is 2.34. The van der Waals surface area contributed by atoms with Gasteiger partial charge in [0.1, 0.15) is 4.83 Å². The van der Waals surface area contributed by atoms with Crippen molar-refractivity contribution in [3.8, 4) is 0 Å². The van der Waals surface area contributed by atoms with Gasteiger partial charge in [-0.15, -0.1) is 11.3 Å². The number of rotatable bonds is 5. The van der Waals surface area contributed by atoms with Gasteiger partial charge < -0.3 is 4.90 Å². The van der Waals surface area contributed by atoms with Crippen LogP contribution in [0.3, 0.4) is 0 Å². The first-order valence-electron chi connectivity index (χ1n) is 10.4. The molecule has 0 radical (unpaired) electrons. The summed E-state index contributed by atoms with van der Waals surface area (Å²) in [6, 6.07) is -0.0387. The zero-order valence-electron chi connectivity index (χ0n) is 16.3. The maximum absolute atomic E-state index is 13.1. The average molecular weight is 436 g/mol. The summed E-state index contributed by atoms with van der Waals surface area (Å²) in [5.41, 5.74) is 1.11. The lowest BCUT2D eigenvalue weighted by Gasteiger charge is -2.28. The maximum atomic E-state index is 13.1. The Labute approximate surface area is 173 Å². The van der Waals surface area contributed by atoms with Crippen LogP contribution in [0, 0.1) is 0 Å². The van der Waals surface area contributed by atoms with Gasteiger partial charge in [0.2, 0.25) is 5.91 Å². The van der Waals surface area contributed by atoms with Gasteiger partial charge in [-0.3, -0.25) is 14.2 Å². The van der Waals surface area contributed by atoms with Crippen LogP contribution in [-0.2, 0) is 34.0 Å². The number of sulfone groups is 1. The van der Waals surface area contributed by atoms with E-state index >= 15 is 0 Å². The van der Waals surface area contributed by atoms with Crippen molar-refractivity contribution in [1.29, 1.82) is 0 Å². The van der Waals surface area contributed by atoms with Gasteiger partial charge in [-0.25, -0.2) is 13.4 Å². The SMILES string of the molecule is O=C(CCn1cnc2sc3c(c2c1=O)CCCC3)N(C1CC1)C1CCS(=O)(=O)C1. The second-order valence-corrected chi connectivity index (χ2v) is 11.8. The molecule has 0 aromatic carbocycles. The Morgan fingerprint density at radius 2 is 2.00 bits per heavy atom. The summed E-state index contributed by atoms with van der Waals surface area (Å²) in [6.07, 6.45) is 8.39. The van der Waals surface area contributed by atoms with Gasteiger partial charge in [0.25, 0.3) is 5.56 Å². The van der Waals surface area contributed by atoms with E-state index < -0.39 is 9.84 Å². The Bertz CT molecular complexity index is 1130. The highest BCUT2D eigenvalue weighted by Gasteiger charge is 2.41. The Kier molecular flexibility index (Phi) is 4.77. The van der Waals surface area contributed by atoms with Crippen molar-refractivity contribution in [1.82, 2.24) is 14.5 Å². The molecule has 1 unspecified atom stereocenters. The molecule has 2 fully saturated rings. The molecule has 7 nitrogen and oxygen atoms in total. The summed E-state index contributed by atoms with van der Waals surface area (Å²) < 4.78 is 25.3. The van der Waals surface area contributed by atoms with Crippen LogP contribution < -0.4 is 5.56 Å². The molecule has 2 aliphatic carbocycles. The molecule has 0 N–H and O–H groups in total. The van der Waals surface area contributed by atoms with Gasteiger partial charge >= 0.3 is 0 Å². The zero-order chi connectivity index (χ0) is 20.2. The van der Waals surface area contributed by atoms with Crippen LogP contribution in [0.15, 0.2) is 11.1 Å². The third-order valence-electron chi connectivity index (χ3n) is 6.34. The van der Waals surface area contributed by atoms with Crippen molar-refractivity contribution in [2.75, 3.05) is 11.5 Å². The van der Waals surface area contributed by atoms with E-state index in [0.29, 0.717) is 6.42 Å². The van der Waals surface area contributed by atoms with E-state index in [1.54, 1.807) is 27.1 Å². The minimum absolute atomic E-state index is 0.0473. The minimum atomic E-state index is -3.04. The molecule has 1 saturated carbocycles. The van der Waals surface area contributed by atoms with Gasteiger partial charge in [-0.05, 0) is 50.5 Å². The summed E-state index contributed by atoms with van der Waals surface area (Å²) in [5.74, 6) is 0.190. The minimum Gasteiger partial charge on any atom is -0.336 e. The molecule has 1 amide bonds. The maximum Gasteiger partial charge on any atom is 0.262 e. The second-order valence-electron chi connectivity index (χ2n) is 8.47. The highest BCUT2D eigenvalue weighted by atomic mass is 32.2. The van der Waals surface area contributed by atoms with Gasteiger partial charge in [0, 0.05) is 29.9 Å². The number of fused-ring (bicyclic) bond motifs is 3. The lowest BCUT2D eigenvalue weighted by molar-refractivity contribution is -0.134. The predicted octanol–water partition coefficient (Wildman–Crippen LogP) is 1.91. The number of carbonyl (C=O) groups excluding carboxylic acids is 1. The molecule has 0 spiro atoms. The molecular weight excluding hydrogens is 410 g/mol. The summed E-state index contributed by atoms with van der Waals surface area (Å²) in [5, 5.41) is 0.737. The fraction of sp³-hybridized carbons (Fsp3) is 0.650. The Morgan fingerprint density at radius 3 is 2.72 bits per heavy atom. The third-order valence-corrected chi connectivity index (χ3v) is 9.29. The van der Waals surface area contributed by atoms with Crippen molar-refractivity contribution in [3.05, 3.63) is 27.1 Å². The molecule has 5 rings (SSSR count). The third kappa shape index (κ3) is 3.63. The number of hydrogen-bond acceptors (Lipinski definition) is 6. The molecule has 1 aliphatic heterocycles. The molecule has 2 aromatic rings. The van der Waals surface area contributed by atoms with E-state index in [-0.39, 0.29) is 48.0 Å². The van der Waals surface area contributed by atoms with E-state index in [1.807, 2.05) is 0 Å². The number of aromatic nitrogens is 2. The van der Waals surface area contributed by atoms with Crippen molar-refractivity contribution in [2.24, 2.45) is 0 Å². The quantitative estimate of drug-likeness (QED) is 0.716. The number of thiophene rings is 1. The molecule has 1 atom stereocenters. The standard InChI is InChI=1S/C20H25N3O4S2/c24-17(23(13-5-6-13)14-8-10-29(26,27)11-14)7-9-22-12-21-19-18(20(22)25)15-3-1-2-4-16(15)28-19/h12-14H,1-11H2. The molecule has 9 heteroatoms.